The van der Waals surface area contributed by atoms with Crippen LogP contribution in [0.3, 0.4) is 0 Å². The summed E-state index contributed by atoms with van der Waals surface area (Å²) in [6.07, 6.45) is -4.45. The monoisotopic (exact) mass is 290 g/mol. The molecular weight excluding hydrogens is 273 g/mol. The molecule has 0 atom stereocenters. The molecule has 0 saturated carbocycles. The van der Waals surface area contributed by atoms with Crippen LogP contribution in [0.15, 0.2) is 12.1 Å². The predicted octanol–water partition coefficient (Wildman–Crippen LogP) is 1.96. The first kappa shape index (κ1) is 16.2. The van der Waals surface area contributed by atoms with Crippen molar-refractivity contribution in [2.45, 2.75) is 32.4 Å². The van der Waals surface area contributed by atoms with E-state index in [-0.39, 0.29) is 16.8 Å². The fourth-order valence-corrected chi connectivity index (χ4v) is 1.40. The largest absolute Gasteiger partial charge is 0.405 e. The number of aromatic nitrogens is 1. The molecule has 1 amide bonds. The van der Waals surface area contributed by atoms with Crippen molar-refractivity contribution in [3.05, 3.63) is 23.4 Å². The topological polar surface area (TPSA) is 80.0 Å². The number of carbonyl (C=O) groups excluding carboxylic acids is 1. The minimum atomic E-state index is -4.45. The van der Waals surface area contributed by atoms with Crippen LogP contribution in [-0.4, -0.2) is 23.6 Å². The number of nitrogens with two attached hydrogens (primary N) is 1. The van der Waals surface area contributed by atoms with E-state index in [0.29, 0.717) is 5.69 Å². The number of carbonyl (C=O) groups is 1. The summed E-state index contributed by atoms with van der Waals surface area (Å²) >= 11 is 0. The normalized spacial score (nSPS) is 12.2. The lowest BCUT2D eigenvalue weighted by Crippen LogP contribution is -2.34. The van der Waals surface area contributed by atoms with Crippen LogP contribution in [0.1, 0.15) is 36.8 Å². The number of hydrogen-bond acceptors (Lipinski definition) is 4. The number of hydrogen-bond donors (Lipinski definition) is 3. The molecule has 0 unspecified atom stereocenters. The highest BCUT2D eigenvalue weighted by Gasteiger charge is 2.28. The van der Waals surface area contributed by atoms with Crippen LogP contribution >= 0.6 is 0 Å². The molecule has 1 aromatic rings. The molecule has 1 aromatic heterocycles. The van der Waals surface area contributed by atoms with Gasteiger partial charge in [-0.1, -0.05) is 20.8 Å². The second kappa shape index (κ2) is 5.66. The molecule has 4 N–H and O–H groups in total. The molecule has 0 aliphatic heterocycles. The molecule has 20 heavy (non-hydrogen) atoms. The average Bonchev–Trinajstić information content (AvgIpc) is 2.33. The lowest BCUT2D eigenvalue weighted by Gasteiger charge is -2.19. The number of hydrazine groups is 1. The first-order chi connectivity index (χ1) is 9.03. The fourth-order valence-electron chi connectivity index (χ4n) is 1.40. The van der Waals surface area contributed by atoms with E-state index >= 15 is 0 Å². The van der Waals surface area contributed by atoms with E-state index in [0.717, 1.165) is 0 Å². The quantitative estimate of drug-likeness (QED) is 0.587. The standard InChI is InChI=1S/C12H17F3N4O/c1-11(2,3)8-4-7(5-9(18-8)19-16)10(20)17-6-12(13,14)15/h4-5H,6,16H2,1-3H3,(H,17,20)(H,18,19). The number of halogens is 3. The van der Waals surface area contributed by atoms with E-state index < -0.39 is 18.6 Å². The Labute approximate surface area is 114 Å². The van der Waals surface area contributed by atoms with Crippen molar-refractivity contribution < 1.29 is 18.0 Å². The summed E-state index contributed by atoms with van der Waals surface area (Å²) in [7, 11) is 0. The van der Waals surface area contributed by atoms with Crippen molar-refractivity contribution in [2.75, 3.05) is 12.0 Å². The zero-order valence-electron chi connectivity index (χ0n) is 11.4. The van der Waals surface area contributed by atoms with Gasteiger partial charge in [-0.2, -0.15) is 13.2 Å². The number of nitrogens with one attached hydrogen (secondary N) is 2. The van der Waals surface area contributed by atoms with Gasteiger partial charge in [-0.3, -0.25) is 4.79 Å². The van der Waals surface area contributed by atoms with Gasteiger partial charge in [0.2, 0.25) is 0 Å². The summed E-state index contributed by atoms with van der Waals surface area (Å²) in [5.41, 5.74) is 2.54. The van der Waals surface area contributed by atoms with E-state index in [1.54, 1.807) is 0 Å². The van der Waals surface area contributed by atoms with Gasteiger partial charge in [0.15, 0.2) is 0 Å². The van der Waals surface area contributed by atoms with Crippen molar-refractivity contribution in [3.8, 4) is 0 Å². The van der Waals surface area contributed by atoms with Gasteiger partial charge in [0.1, 0.15) is 12.4 Å². The zero-order chi connectivity index (χ0) is 15.6. The molecular formula is C12H17F3N4O. The SMILES string of the molecule is CC(C)(C)c1cc(C(=O)NCC(F)(F)F)cc(NN)n1. The lowest BCUT2D eigenvalue weighted by atomic mass is 9.90. The third-order valence-electron chi connectivity index (χ3n) is 2.45. The molecule has 0 aliphatic carbocycles. The van der Waals surface area contributed by atoms with E-state index in [9.17, 15) is 18.0 Å². The van der Waals surface area contributed by atoms with E-state index in [4.69, 9.17) is 5.84 Å². The second-order valence-electron chi connectivity index (χ2n) is 5.32. The number of alkyl halides is 3. The zero-order valence-corrected chi connectivity index (χ0v) is 11.4. The highest BCUT2D eigenvalue weighted by molar-refractivity contribution is 5.95. The van der Waals surface area contributed by atoms with E-state index in [1.807, 2.05) is 26.1 Å². The Hall–Kier alpha value is -1.83. The fraction of sp³-hybridized carbons (Fsp3) is 0.500. The minimum Gasteiger partial charge on any atom is -0.343 e. The Morgan fingerprint density at radius 2 is 1.90 bits per heavy atom. The number of anilines is 1. The van der Waals surface area contributed by atoms with Gasteiger partial charge < -0.3 is 10.7 Å². The number of nitrogen functional groups attached to an aromatic ring is 1. The van der Waals surface area contributed by atoms with Crippen LogP contribution in [0.4, 0.5) is 19.0 Å². The van der Waals surface area contributed by atoms with Crippen molar-refractivity contribution in [1.29, 1.82) is 0 Å². The van der Waals surface area contributed by atoms with Crippen molar-refractivity contribution in [2.24, 2.45) is 5.84 Å². The van der Waals surface area contributed by atoms with Crippen LogP contribution < -0.4 is 16.6 Å². The summed E-state index contributed by atoms with van der Waals surface area (Å²) < 4.78 is 36.3. The van der Waals surface area contributed by atoms with Crippen molar-refractivity contribution in [1.82, 2.24) is 10.3 Å². The molecule has 112 valence electrons. The third kappa shape index (κ3) is 4.69. The van der Waals surface area contributed by atoms with Gasteiger partial charge in [-0.05, 0) is 12.1 Å². The molecule has 0 saturated heterocycles. The Bertz CT molecular complexity index is 494. The van der Waals surface area contributed by atoms with Crippen LogP contribution in [-0.2, 0) is 5.41 Å². The number of rotatable bonds is 3. The molecule has 8 heteroatoms. The van der Waals surface area contributed by atoms with Crippen LogP contribution in [0.25, 0.3) is 0 Å². The lowest BCUT2D eigenvalue weighted by molar-refractivity contribution is -0.123. The van der Waals surface area contributed by atoms with Gasteiger partial charge in [0.05, 0.1) is 0 Å². The summed E-state index contributed by atoms with van der Waals surface area (Å²) in [6.45, 7) is 4.22. The number of nitrogens with zero attached hydrogens (tertiary/aromatic N) is 1. The summed E-state index contributed by atoms with van der Waals surface area (Å²) in [6, 6.07) is 2.74. The Kier molecular flexibility index (Phi) is 4.59. The van der Waals surface area contributed by atoms with Crippen molar-refractivity contribution >= 4 is 11.7 Å². The van der Waals surface area contributed by atoms with Gasteiger partial charge in [0, 0.05) is 16.7 Å². The first-order valence-corrected chi connectivity index (χ1v) is 5.87. The van der Waals surface area contributed by atoms with Gasteiger partial charge in [0.25, 0.3) is 5.91 Å². The molecule has 0 radical (unpaired) electrons. The second-order valence-corrected chi connectivity index (χ2v) is 5.32. The molecule has 1 rings (SSSR count). The summed E-state index contributed by atoms with van der Waals surface area (Å²) in [4.78, 5) is 15.9. The highest BCUT2D eigenvalue weighted by Crippen LogP contribution is 2.23. The maximum Gasteiger partial charge on any atom is 0.405 e. The number of pyridine rings is 1. The molecule has 0 aromatic carbocycles. The van der Waals surface area contributed by atoms with Crippen LogP contribution in [0.2, 0.25) is 0 Å². The van der Waals surface area contributed by atoms with Crippen LogP contribution in [0, 0.1) is 0 Å². The molecule has 0 spiro atoms. The van der Waals surface area contributed by atoms with E-state index in [1.165, 1.54) is 12.1 Å². The Morgan fingerprint density at radius 3 is 2.35 bits per heavy atom. The smallest absolute Gasteiger partial charge is 0.343 e. The number of amides is 1. The maximum atomic E-state index is 12.1. The summed E-state index contributed by atoms with van der Waals surface area (Å²) in [5, 5.41) is 1.81. The Morgan fingerprint density at radius 1 is 1.30 bits per heavy atom. The third-order valence-corrected chi connectivity index (χ3v) is 2.45. The molecule has 0 aliphatic rings. The first-order valence-electron chi connectivity index (χ1n) is 5.87. The molecule has 5 nitrogen and oxygen atoms in total. The Balaban J connectivity index is 3.02. The summed E-state index contributed by atoms with van der Waals surface area (Å²) in [5.74, 6) is 4.64. The molecule has 0 bridgehead atoms. The highest BCUT2D eigenvalue weighted by atomic mass is 19.4. The minimum absolute atomic E-state index is 0.0714. The predicted molar refractivity (Wildman–Crippen MR) is 69.1 cm³/mol. The van der Waals surface area contributed by atoms with Gasteiger partial charge in [-0.25, -0.2) is 10.8 Å². The van der Waals surface area contributed by atoms with E-state index in [2.05, 4.69) is 10.4 Å². The average molecular weight is 290 g/mol. The van der Waals surface area contributed by atoms with Crippen LogP contribution in [0.5, 0.6) is 0 Å². The van der Waals surface area contributed by atoms with Gasteiger partial charge >= 0.3 is 6.18 Å². The maximum absolute atomic E-state index is 12.1. The molecule has 1 heterocycles. The van der Waals surface area contributed by atoms with Gasteiger partial charge in [-0.15, -0.1) is 0 Å². The van der Waals surface area contributed by atoms with Crippen molar-refractivity contribution in [3.63, 3.8) is 0 Å². The molecule has 0 fully saturated rings.